The van der Waals surface area contributed by atoms with Gasteiger partial charge < -0.3 is 15.0 Å². The fourth-order valence-corrected chi connectivity index (χ4v) is 2.89. The van der Waals surface area contributed by atoms with Gasteiger partial charge in [0.1, 0.15) is 0 Å². The number of nitrogens with zero attached hydrogens (tertiary/aromatic N) is 2. The number of nitrogens with one attached hydrogen (secondary N) is 1. The lowest BCUT2D eigenvalue weighted by Gasteiger charge is -2.35. The maximum absolute atomic E-state index is 11.3. The summed E-state index contributed by atoms with van der Waals surface area (Å²) in [5.74, 6) is -0.379. The van der Waals surface area contributed by atoms with Crippen LogP contribution in [0.25, 0.3) is 0 Å². The first-order valence-corrected chi connectivity index (χ1v) is 6.98. The summed E-state index contributed by atoms with van der Waals surface area (Å²) in [7, 11) is 3.52. The number of rotatable bonds is 3. The van der Waals surface area contributed by atoms with E-state index in [0.717, 1.165) is 24.5 Å². The average molecular weight is 269 g/mol. The van der Waals surface area contributed by atoms with Gasteiger partial charge in [0.15, 0.2) is 10.8 Å². The van der Waals surface area contributed by atoms with E-state index in [1.54, 1.807) is 5.38 Å². The maximum Gasteiger partial charge on any atom is 0.357 e. The van der Waals surface area contributed by atoms with Crippen LogP contribution in [0, 0.1) is 0 Å². The fourth-order valence-electron chi connectivity index (χ4n) is 2.13. The lowest BCUT2D eigenvalue weighted by atomic mass is 9.99. The molecule has 1 aromatic rings. The molecule has 1 saturated heterocycles. The maximum atomic E-state index is 11.3. The lowest BCUT2D eigenvalue weighted by Crippen LogP contribution is -2.42. The van der Waals surface area contributed by atoms with Crippen LogP contribution in [0.1, 0.15) is 30.3 Å². The number of likely N-dealkylation sites (tertiary alicyclic amines) is 1. The molecule has 2 heterocycles. The van der Waals surface area contributed by atoms with Crippen LogP contribution in [-0.4, -0.2) is 48.6 Å². The number of hydrogen-bond acceptors (Lipinski definition) is 6. The number of thiazole rings is 1. The molecule has 1 aromatic heterocycles. The van der Waals surface area contributed by atoms with Crippen LogP contribution in [0.5, 0.6) is 0 Å². The molecule has 2 rings (SSSR count). The Morgan fingerprint density at radius 2 is 2.44 bits per heavy atom. The molecule has 0 bridgehead atoms. The fraction of sp³-hybridized carbons (Fsp3) is 0.667. The summed E-state index contributed by atoms with van der Waals surface area (Å²) in [5.41, 5.74) is 0.381. The Kier molecular flexibility index (Phi) is 4.19. The van der Waals surface area contributed by atoms with Crippen molar-refractivity contribution >= 4 is 22.4 Å². The van der Waals surface area contributed by atoms with E-state index < -0.39 is 0 Å². The summed E-state index contributed by atoms with van der Waals surface area (Å²) in [6, 6.07) is 1.02. The third-order valence-electron chi connectivity index (χ3n) is 3.43. The second kappa shape index (κ2) is 5.67. The molecule has 0 spiro atoms. The molecule has 0 aliphatic carbocycles. The van der Waals surface area contributed by atoms with Gasteiger partial charge in [-0.05, 0) is 26.8 Å². The highest BCUT2D eigenvalue weighted by Crippen LogP contribution is 2.22. The van der Waals surface area contributed by atoms with Crippen molar-refractivity contribution in [2.45, 2.75) is 31.8 Å². The Bertz CT molecular complexity index is 421. The van der Waals surface area contributed by atoms with Crippen molar-refractivity contribution < 1.29 is 9.53 Å². The Morgan fingerprint density at radius 1 is 1.67 bits per heavy atom. The molecule has 0 radical (unpaired) electrons. The van der Waals surface area contributed by atoms with Crippen LogP contribution in [0.2, 0.25) is 0 Å². The van der Waals surface area contributed by atoms with Crippen LogP contribution in [0.3, 0.4) is 0 Å². The quantitative estimate of drug-likeness (QED) is 0.848. The van der Waals surface area contributed by atoms with Crippen molar-refractivity contribution in [3.63, 3.8) is 0 Å². The highest BCUT2D eigenvalue weighted by Gasteiger charge is 2.23. The summed E-state index contributed by atoms with van der Waals surface area (Å²) in [4.78, 5) is 17.9. The van der Waals surface area contributed by atoms with Crippen LogP contribution < -0.4 is 5.32 Å². The Labute approximate surface area is 111 Å². The second-order valence-corrected chi connectivity index (χ2v) is 5.58. The number of carbonyl (C=O) groups is 1. The van der Waals surface area contributed by atoms with Crippen molar-refractivity contribution in [3.8, 4) is 0 Å². The predicted molar refractivity (Wildman–Crippen MR) is 72.2 cm³/mol. The summed E-state index contributed by atoms with van der Waals surface area (Å²) in [5, 5.41) is 5.94. The van der Waals surface area contributed by atoms with E-state index in [4.69, 9.17) is 0 Å². The molecule has 0 saturated carbocycles. The van der Waals surface area contributed by atoms with E-state index in [1.165, 1.54) is 18.4 Å². The molecule has 0 aromatic carbocycles. The van der Waals surface area contributed by atoms with Crippen LogP contribution >= 0.6 is 11.3 Å². The van der Waals surface area contributed by atoms with E-state index in [0.29, 0.717) is 17.8 Å². The van der Waals surface area contributed by atoms with Gasteiger partial charge in [0.2, 0.25) is 0 Å². The Morgan fingerprint density at radius 3 is 3.11 bits per heavy atom. The molecule has 18 heavy (non-hydrogen) atoms. The summed E-state index contributed by atoms with van der Waals surface area (Å²) in [6.45, 7) is 3.32. The average Bonchev–Trinajstić information content (AvgIpc) is 2.81. The first kappa shape index (κ1) is 13.3. The van der Waals surface area contributed by atoms with E-state index in [9.17, 15) is 4.79 Å². The molecule has 1 aliphatic heterocycles. The molecule has 100 valence electrons. The number of anilines is 1. The highest BCUT2D eigenvalue weighted by molar-refractivity contribution is 7.13. The van der Waals surface area contributed by atoms with Crippen LogP contribution in [0.4, 0.5) is 5.13 Å². The van der Waals surface area contributed by atoms with Crippen molar-refractivity contribution in [2.24, 2.45) is 0 Å². The molecular formula is C12H19N3O2S. The minimum Gasteiger partial charge on any atom is -0.464 e. The van der Waals surface area contributed by atoms with Gasteiger partial charge in [0.25, 0.3) is 0 Å². The van der Waals surface area contributed by atoms with E-state index in [1.807, 2.05) is 0 Å². The third kappa shape index (κ3) is 3.00. The van der Waals surface area contributed by atoms with Crippen molar-refractivity contribution in [1.29, 1.82) is 0 Å². The number of aromatic nitrogens is 1. The Hall–Kier alpha value is -1.14. The van der Waals surface area contributed by atoms with Gasteiger partial charge in [-0.2, -0.15) is 0 Å². The van der Waals surface area contributed by atoms with Crippen molar-refractivity contribution in [2.75, 3.05) is 26.0 Å². The molecular weight excluding hydrogens is 250 g/mol. The largest absolute Gasteiger partial charge is 0.464 e. The molecule has 1 fully saturated rings. The van der Waals surface area contributed by atoms with Gasteiger partial charge in [0, 0.05) is 24.0 Å². The van der Waals surface area contributed by atoms with Gasteiger partial charge in [-0.25, -0.2) is 9.78 Å². The number of ether oxygens (including phenoxy) is 1. The number of hydrogen-bond donors (Lipinski definition) is 1. The summed E-state index contributed by atoms with van der Waals surface area (Å²) in [6.07, 6.45) is 2.21. The normalized spacial score (nSPS) is 24.8. The topological polar surface area (TPSA) is 54.5 Å². The predicted octanol–water partition coefficient (Wildman–Crippen LogP) is 1.82. The minimum absolute atomic E-state index is 0.379. The Balaban J connectivity index is 1.93. The van der Waals surface area contributed by atoms with Gasteiger partial charge in [-0.15, -0.1) is 11.3 Å². The van der Waals surface area contributed by atoms with Gasteiger partial charge in [-0.3, -0.25) is 0 Å². The third-order valence-corrected chi connectivity index (χ3v) is 4.21. The smallest absolute Gasteiger partial charge is 0.357 e. The van der Waals surface area contributed by atoms with Gasteiger partial charge in [-0.1, -0.05) is 0 Å². The van der Waals surface area contributed by atoms with E-state index in [2.05, 4.69) is 33.9 Å². The molecule has 6 heteroatoms. The van der Waals surface area contributed by atoms with Gasteiger partial charge >= 0.3 is 5.97 Å². The summed E-state index contributed by atoms with van der Waals surface area (Å²) >= 11 is 1.45. The van der Waals surface area contributed by atoms with Crippen LogP contribution in [0.15, 0.2) is 5.38 Å². The minimum atomic E-state index is -0.379. The van der Waals surface area contributed by atoms with E-state index in [-0.39, 0.29) is 5.97 Å². The zero-order valence-electron chi connectivity index (χ0n) is 11.0. The van der Waals surface area contributed by atoms with Crippen molar-refractivity contribution in [1.82, 2.24) is 9.88 Å². The lowest BCUT2D eigenvalue weighted by molar-refractivity contribution is 0.0595. The molecule has 0 amide bonds. The van der Waals surface area contributed by atoms with Gasteiger partial charge in [0.05, 0.1) is 7.11 Å². The zero-order chi connectivity index (χ0) is 13.1. The molecule has 5 nitrogen and oxygen atoms in total. The SMILES string of the molecule is COC(=O)c1csc(NC2CCN(C)C(C)C2)n1. The first-order chi connectivity index (χ1) is 8.60. The number of carbonyl (C=O) groups excluding carboxylic acids is 1. The standard InChI is InChI=1S/C12H19N3O2S/c1-8-6-9(4-5-15(8)2)13-12-14-10(7-18-12)11(16)17-3/h7-9H,4-6H2,1-3H3,(H,13,14). The second-order valence-electron chi connectivity index (χ2n) is 4.72. The highest BCUT2D eigenvalue weighted by atomic mass is 32.1. The molecule has 1 aliphatic rings. The monoisotopic (exact) mass is 269 g/mol. The first-order valence-electron chi connectivity index (χ1n) is 6.10. The molecule has 1 N–H and O–H groups in total. The number of methoxy groups -OCH3 is 1. The van der Waals surface area contributed by atoms with Crippen molar-refractivity contribution in [3.05, 3.63) is 11.1 Å². The molecule has 2 unspecified atom stereocenters. The number of piperidine rings is 1. The number of esters is 1. The van der Waals surface area contributed by atoms with E-state index >= 15 is 0 Å². The van der Waals surface area contributed by atoms with Crippen LogP contribution in [-0.2, 0) is 4.74 Å². The molecule has 2 atom stereocenters. The zero-order valence-corrected chi connectivity index (χ0v) is 11.8. The summed E-state index contributed by atoms with van der Waals surface area (Å²) < 4.78 is 4.64.